The third-order valence-electron chi connectivity index (χ3n) is 4.23. The van der Waals surface area contributed by atoms with E-state index in [0.29, 0.717) is 33.9 Å². The molecule has 0 unspecified atom stereocenters. The molecule has 0 saturated heterocycles. The quantitative estimate of drug-likeness (QED) is 0.676. The van der Waals surface area contributed by atoms with Crippen molar-refractivity contribution in [2.24, 2.45) is 0 Å². The van der Waals surface area contributed by atoms with E-state index in [-0.39, 0.29) is 18.4 Å². The molecule has 8 heteroatoms. The summed E-state index contributed by atoms with van der Waals surface area (Å²) in [6.07, 6.45) is 0. The van der Waals surface area contributed by atoms with Gasteiger partial charge in [-0.15, -0.1) is 0 Å². The average Bonchev–Trinajstić information content (AvgIpc) is 3.13. The number of ether oxygens (including phenoxy) is 2. The lowest BCUT2D eigenvalue weighted by Gasteiger charge is -2.11. The molecule has 2 N–H and O–H groups in total. The second-order valence-electron chi connectivity index (χ2n) is 6.28. The number of amides is 1. The topological polar surface area (TPSA) is 85.4 Å². The maximum atomic E-state index is 12.7. The van der Waals surface area contributed by atoms with Gasteiger partial charge in [0.05, 0.1) is 0 Å². The van der Waals surface area contributed by atoms with Crippen molar-refractivity contribution in [3.05, 3.63) is 64.4 Å². The van der Waals surface area contributed by atoms with Crippen LogP contribution in [0.5, 0.6) is 11.5 Å². The van der Waals surface area contributed by atoms with Crippen LogP contribution in [0.15, 0.2) is 42.5 Å². The minimum absolute atomic E-state index is 0.201. The largest absolute Gasteiger partial charge is 0.454 e. The van der Waals surface area contributed by atoms with Crippen LogP contribution in [0.3, 0.4) is 0 Å². The van der Waals surface area contributed by atoms with E-state index in [4.69, 9.17) is 21.1 Å². The normalized spacial score (nSPS) is 12.0. The van der Waals surface area contributed by atoms with E-state index in [1.165, 1.54) is 0 Å². The van der Waals surface area contributed by atoms with Gasteiger partial charge in [-0.05, 0) is 49.7 Å². The van der Waals surface area contributed by atoms with E-state index in [0.717, 1.165) is 11.3 Å². The maximum absolute atomic E-state index is 12.7. The van der Waals surface area contributed by atoms with Gasteiger partial charge in [-0.3, -0.25) is 4.79 Å². The summed E-state index contributed by atoms with van der Waals surface area (Å²) in [6.45, 7) is 3.84. The first-order valence-electron chi connectivity index (χ1n) is 8.58. The Kier molecular flexibility index (Phi) is 4.75. The average molecular weight is 397 g/mol. The maximum Gasteiger partial charge on any atom is 0.274 e. The molecule has 0 aliphatic carbocycles. The summed E-state index contributed by atoms with van der Waals surface area (Å²) in [4.78, 5) is 21.4. The predicted octanol–water partition coefficient (Wildman–Crippen LogP) is 4.47. The van der Waals surface area contributed by atoms with Gasteiger partial charge in [-0.25, -0.2) is 9.97 Å². The Morgan fingerprint density at radius 3 is 2.75 bits per heavy atom. The molecule has 7 nitrogen and oxygen atoms in total. The molecule has 1 aromatic heterocycles. The number of carbonyl (C=O) groups is 1. The van der Waals surface area contributed by atoms with Gasteiger partial charge in [0.1, 0.15) is 5.69 Å². The molecular formula is C20H17ClN4O3. The van der Waals surface area contributed by atoms with Crippen LogP contribution >= 0.6 is 11.6 Å². The fraction of sp³-hybridized carbons (Fsp3) is 0.150. The van der Waals surface area contributed by atoms with Gasteiger partial charge in [0.15, 0.2) is 11.5 Å². The van der Waals surface area contributed by atoms with Crippen LogP contribution in [-0.2, 0) is 0 Å². The van der Waals surface area contributed by atoms with Crippen molar-refractivity contribution in [3.8, 4) is 11.5 Å². The molecule has 1 aliphatic heterocycles. The lowest BCUT2D eigenvalue weighted by Crippen LogP contribution is -2.16. The minimum Gasteiger partial charge on any atom is -0.454 e. The van der Waals surface area contributed by atoms with E-state index in [1.807, 2.05) is 13.0 Å². The highest BCUT2D eigenvalue weighted by Gasteiger charge is 2.15. The first-order valence-corrected chi connectivity index (χ1v) is 8.96. The number of halogens is 1. The molecule has 4 rings (SSSR count). The van der Waals surface area contributed by atoms with Crippen molar-refractivity contribution in [3.63, 3.8) is 0 Å². The third kappa shape index (κ3) is 3.70. The summed E-state index contributed by atoms with van der Waals surface area (Å²) in [5, 5.41) is 6.52. The van der Waals surface area contributed by atoms with Crippen molar-refractivity contribution in [2.45, 2.75) is 13.8 Å². The highest BCUT2D eigenvalue weighted by molar-refractivity contribution is 6.31. The number of aromatic nitrogens is 2. The van der Waals surface area contributed by atoms with Crippen LogP contribution in [0.4, 0.5) is 17.3 Å². The number of anilines is 3. The van der Waals surface area contributed by atoms with Crippen LogP contribution in [0, 0.1) is 13.8 Å². The zero-order valence-corrected chi connectivity index (χ0v) is 16.0. The molecule has 0 fully saturated rings. The summed E-state index contributed by atoms with van der Waals surface area (Å²) in [6, 6.07) is 12.4. The highest BCUT2D eigenvalue weighted by Crippen LogP contribution is 2.34. The van der Waals surface area contributed by atoms with Crippen molar-refractivity contribution >= 4 is 34.8 Å². The van der Waals surface area contributed by atoms with E-state index >= 15 is 0 Å². The van der Waals surface area contributed by atoms with Crippen LogP contribution in [0.25, 0.3) is 0 Å². The molecule has 3 aromatic rings. The Balaban J connectivity index is 1.56. The number of carbonyl (C=O) groups excluding carboxylic acids is 1. The lowest BCUT2D eigenvalue weighted by atomic mass is 10.2. The number of nitrogens with zero attached hydrogens (tertiary/aromatic N) is 2. The number of hydrogen-bond acceptors (Lipinski definition) is 6. The van der Waals surface area contributed by atoms with E-state index in [1.54, 1.807) is 43.3 Å². The number of benzene rings is 2. The molecule has 2 heterocycles. The molecule has 0 bridgehead atoms. The van der Waals surface area contributed by atoms with Gasteiger partial charge in [0.25, 0.3) is 5.91 Å². The Bertz CT molecular complexity index is 1070. The molecule has 0 saturated carbocycles. The number of hydrogen-bond donors (Lipinski definition) is 2. The Morgan fingerprint density at radius 1 is 1.07 bits per heavy atom. The van der Waals surface area contributed by atoms with Gasteiger partial charge >= 0.3 is 0 Å². The highest BCUT2D eigenvalue weighted by atomic mass is 35.5. The smallest absolute Gasteiger partial charge is 0.274 e. The third-order valence-corrected chi connectivity index (χ3v) is 4.64. The van der Waals surface area contributed by atoms with Gasteiger partial charge in [0, 0.05) is 28.2 Å². The second-order valence-corrected chi connectivity index (χ2v) is 6.68. The van der Waals surface area contributed by atoms with Gasteiger partial charge < -0.3 is 20.1 Å². The van der Waals surface area contributed by atoms with Crippen molar-refractivity contribution in [1.29, 1.82) is 0 Å². The van der Waals surface area contributed by atoms with Crippen LogP contribution in [-0.4, -0.2) is 22.7 Å². The Hall–Kier alpha value is -3.32. The summed E-state index contributed by atoms with van der Waals surface area (Å²) in [7, 11) is 0. The zero-order valence-electron chi connectivity index (χ0n) is 15.2. The number of nitrogens with one attached hydrogen (secondary N) is 2. The summed E-state index contributed by atoms with van der Waals surface area (Å²) >= 11 is 6.12. The molecular weight excluding hydrogens is 380 g/mol. The predicted molar refractivity (Wildman–Crippen MR) is 107 cm³/mol. The molecule has 0 spiro atoms. The first-order chi connectivity index (χ1) is 13.5. The minimum atomic E-state index is -0.343. The van der Waals surface area contributed by atoms with Crippen LogP contribution in [0.2, 0.25) is 5.02 Å². The standard InChI is InChI=1S/C20H17ClN4O3/c1-11-8-16(19(26)24-15-5-3-4-14(21)12(15)2)25-20(22-11)23-13-6-7-17-18(9-13)28-10-27-17/h3-9H,10H2,1-2H3,(H,24,26)(H,22,23,25). The molecule has 142 valence electrons. The van der Waals surface area contributed by atoms with Crippen molar-refractivity contribution in [2.75, 3.05) is 17.4 Å². The first kappa shape index (κ1) is 18.1. The van der Waals surface area contributed by atoms with Crippen molar-refractivity contribution < 1.29 is 14.3 Å². The van der Waals surface area contributed by atoms with Crippen LogP contribution < -0.4 is 20.1 Å². The zero-order chi connectivity index (χ0) is 19.7. The van der Waals surface area contributed by atoms with E-state index < -0.39 is 0 Å². The van der Waals surface area contributed by atoms with E-state index in [2.05, 4.69) is 20.6 Å². The van der Waals surface area contributed by atoms with Gasteiger partial charge in [-0.2, -0.15) is 0 Å². The second kappa shape index (κ2) is 7.36. The van der Waals surface area contributed by atoms with Crippen LogP contribution in [0.1, 0.15) is 21.7 Å². The fourth-order valence-electron chi connectivity index (χ4n) is 2.77. The SMILES string of the molecule is Cc1cc(C(=O)Nc2cccc(Cl)c2C)nc(Nc2ccc3c(c2)OCO3)n1. The van der Waals surface area contributed by atoms with E-state index in [9.17, 15) is 4.79 Å². The molecule has 1 aliphatic rings. The fourth-order valence-corrected chi connectivity index (χ4v) is 2.95. The number of rotatable bonds is 4. The van der Waals surface area contributed by atoms with Gasteiger partial charge in [-0.1, -0.05) is 17.7 Å². The Labute approximate surface area is 166 Å². The monoisotopic (exact) mass is 396 g/mol. The molecule has 0 radical (unpaired) electrons. The van der Waals surface area contributed by atoms with Crippen molar-refractivity contribution in [1.82, 2.24) is 9.97 Å². The molecule has 2 aromatic carbocycles. The summed E-state index contributed by atoms with van der Waals surface area (Å²) in [5.74, 6) is 1.30. The molecule has 0 atom stereocenters. The summed E-state index contributed by atoms with van der Waals surface area (Å²) in [5.41, 5.74) is 3.06. The lowest BCUT2D eigenvalue weighted by molar-refractivity contribution is 0.102. The number of aryl methyl sites for hydroxylation is 1. The van der Waals surface area contributed by atoms with Gasteiger partial charge in [0.2, 0.25) is 12.7 Å². The number of fused-ring (bicyclic) bond motifs is 1. The molecule has 1 amide bonds. The Morgan fingerprint density at radius 2 is 1.89 bits per heavy atom. The molecule has 28 heavy (non-hydrogen) atoms. The summed E-state index contributed by atoms with van der Waals surface area (Å²) < 4.78 is 10.7.